The fourth-order valence-electron chi connectivity index (χ4n) is 4.11. The van der Waals surface area contributed by atoms with E-state index in [9.17, 15) is 27.6 Å². The minimum atomic E-state index is -4.38. The van der Waals surface area contributed by atoms with Crippen LogP contribution in [0.5, 0.6) is 0 Å². The van der Waals surface area contributed by atoms with Gasteiger partial charge in [-0.3, -0.25) is 9.59 Å². The summed E-state index contributed by atoms with van der Waals surface area (Å²) in [5, 5.41) is 3.21. The summed E-state index contributed by atoms with van der Waals surface area (Å²) >= 11 is 0. The number of nitrogens with one attached hydrogen (secondary N) is 2. The number of unbranched alkanes of at least 4 members (excludes halogenated alkanes) is 1. The second kappa shape index (κ2) is 15.3. The van der Waals surface area contributed by atoms with Crippen LogP contribution < -0.4 is 10.6 Å². The van der Waals surface area contributed by atoms with Crippen LogP contribution in [-0.4, -0.2) is 62.2 Å². The largest absolute Gasteiger partial charge is 0.467 e. The lowest BCUT2D eigenvalue weighted by Crippen LogP contribution is -2.51. The third-order valence-electron chi connectivity index (χ3n) is 6.12. The van der Waals surface area contributed by atoms with Crippen molar-refractivity contribution in [1.29, 1.82) is 0 Å². The van der Waals surface area contributed by atoms with Gasteiger partial charge >= 0.3 is 12.1 Å². The first-order valence-corrected chi connectivity index (χ1v) is 15.1. The van der Waals surface area contributed by atoms with Crippen LogP contribution in [0.25, 0.3) is 0 Å². The van der Waals surface area contributed by atoms with Gasteiger partial charge in [-0.2, -0.15) is 0 Å². The Balaban J connectivity index is 2.41. The standard InChI is InChI=1S/C30H40N2O8S/c1-6-7-18-23(32-29(36)40-30(2,3)4)27(34)25(41(37,38)22-16-12-9-13-17-22)20-26(33)31-24(28(35)39-5)19-21-14-10-8-11-15-21/h8-17,23-25H,6-7,18-20H2,1-5H3,(H,31,33)(H,32,36)/t23-,24?,25?/m0/s1. The van der Waals surface area contributed by atoms with Crippen LogP contribution in [0, 0.1) is 0 Å². The third kappa shape index (κ3) is 10.6. The Morgan fingerprint density at radius 2 is 1.46 bits per heavy atom. The van der Waals surface area contributed by atoms with Crippen molar-refractivity contribution in [3.8, 4) is 0 Å². The van der Waals surface area contributed by atoms with Crippen molar-refractivity contribution >= 4 is 33.6 Å². The lowest BCUT2D eigenvalue weighted by atomic mass is 10.0. The summed E-state index contributed by atoms with van der Waals surface area (Å²) < 4.78 is 37.6. The molecule has 0 spiro atoms. The summed E-state index contributed by atoms with van der Waals surface area (Å²) in [6, 6.07) is 13.9. The molecule has 2 aromatic rings. The number of sulfone groups is 1. The molecule has 2 amide bonds. The molecule has 2 unspecified atom stereocenters. The molecule has 0 saturated carbocycles. The van der Waals surface area contributed by atoms with E-state index in [4.69, 9.17) is 9.47 Å². The van der Waals surface area contributed by atoms with Crippen molar-refractivity contribution in [3.63, 3.8) is 0 Å². The molecule has 2 N–H and O–H groups in total. The summed E-state index contributed by atoms with van der Waals surface area (Å²) in [6.45, 7) is 6.88. The van der Waals surface area contributed by atoms with E-state index in [1.54, 1.807) is 57.2 Å². The van der Waals surface area contributed by atoms with Crippen molar-refractivity contribution in [3.05, 3.63) is 66.2 Å². The van der Waals surface area contributed by atoms with Gasteiger partial charge in [0.15, 0.2) is 15.6 Å². The first-order chi connectivity index (χ1) is 19.3. The molecule has 0 aliphatic carbocycles. The Morgan fingerprint density at radius 1 is 0.878 bits per heavy atom. The monoisotopic (exact) mass is 588 g/mol. The molecule has 224 valence electrons. The third-order valence-corrected chi connectivity index (χ3v) is 8.20. The van der Waals surface area contributed by atoms with Gasteiger partial charge in [0, 0.05) is 6.42 Å². The number of carbonyl (C=O) groups is 4. The molecule has 0 saturated heterocycles. The van der Waals surface area contributed by atoms with Crippen LogP contribution in [0.2, 0.25) is 0 Å². The lowest BCUT2D eigenvalue weighted by Gasteiger charge is -2.26. The number of esters is 1. The first-order valence-electron chi connectivity index (χ1n) is 13.5. The fourth-order valence-corrected chi connectivity index (χ4v) is 5.82. The summed E-state index contributed by atoms with van der Waals surface area (Å²) in [5.41, 5.74) is -0.103. The first kappa shape index (κ1) is 33.5. The van der Waals surface area contributed by atoms with Gasteiger partial charge in [0.25, 0.3) is 0 Å². The Morgan fingerprint density at radius 3 is 2.00 bits per heavy atom. The van der Waals surface area contributed by atoms with Crippen molar-refractivity contribution in [1.82, 2.24) is 10.6 Å². The Hall–Kier alpha value is -3.73. The smallest absolute Gasteiger partial charge is 0.408 e. The lowest BCUT2D eigenvalue weighted by molar-refractivity contribution is -0.145. The van der Waals surface area contributed by atoms with Crippen LogP contribution in [0.4, 0.5) is 4.79 Å². The van der Waals surface area contributed by atoms with Crippen LogP contribution in [0.3, 0.4) is 0 Å². The van der Waals surface area contributed by atoms with Gasteiger partial charge in [0.05, 0.1) is 24.5 Å². The van der Waals surface area contributed by atoms with E-state index in [1.807, 2.05) is 6.92 Å². The van der Waals surface area contributed by atoms with Crippen LogP contribution >= 0.6 is 0 Å². The predicted molar refractivity (Wildman–Crippen MR) is 154 cm³/mol. The molecule has 3 atom stereocenters. The van der Waals surface area contributed by atoms with E-state index in [0.717, 1.165) is 5.56 Å². The average Bonchev–Trinajstić information content (AvgIpc) is 2.92. The number of rotatable bonds is 14. The van der Waals surface area contributed by atoms with Gasteiger partial charge in [0.2, 0.25) is 5.91 Å². The highest BCUT2D eigenvalue weighted by Crippen LogP contribution is 2.22. The van der Waals surface area contributed by atoms with Gasteiger partial charge < -0.3 is 20.1 Å². The SMILES string of the molecule is CCCC[C@H](NC(=O)OC(C)(C)C)C(=O)C(CC(=O)NC(Cc1ccccc1)C(=O)OC)S(=O)(=O)c1ccccc1. The number of methoxy groups -OCH3 is 1. The Labute approximate surface area is 242 Å². The van der Waals surface area contributed by atoms with Crippen molar-refractivity contribution in [2.45, 2.75) is 87.6 Å². The number of hydrogen-bond donors (Lipinski definition) is 2. The molecule has 0 heterocycles. The second-order valence-electron chi connectivity index (χ2n) is 10.6. The number of carbonyl (C=O) groups excluding carboxylic acids is 4. The second-order valence-corrected chi connectivity index (χ2v) is 12.8. The number of benzene rings is 2. The molecule has 11 heteroatoms. The zero-order chi connectivity index (χ0) is 30.6. The molecule has 0 fully saturated rings. The normalized spacial score (nSPS) is 13.8. The molecule has 2 aromatic carbocycles. The van der Waals surface area contributed by atoms with Crippen molar-refractivity contribution in [2.24, 2.45) is 0 Å². The zero-order valence-electron chi connectivity index (χ0n) is 24.2. The van der Waals surface area contributed by atoms with Gasteiger partial charge in [-0.1, -0.05) is 68.3 Å². The molecule has 0 radical (unpaired) electrons. The van der Waals surface area contributed by atoms with E-state index in [2.05, 4.69) is 10.6 Å². The number of ether oxygens (including phenoxy) is 2. The van der Waals surface area contributed by atoms with Gasteiger partial charge in [-0.25, -0.2) is 18.0 Å². The topological polar surface area (TPSA) is 145 Å². The van der Waals surface area contributed by atoms with Crippen LogP contribution in [0.1, 0.15) is 58.9 Å². The Bertz CT molecular complexity index is 1270. The predicted octanol–water partition coefficient (Wildman–Crippen LogP) is 3.77. The number of amides is 2. The highest BCUT2D eigenvalue weighted by Gasteiger charge is 2.40. The van der Waals surface area contributed by atoms with E-state index >= 15 is 0 Å². The minimum Gasteiger partial charge on any atom is -0.467 e. The summed E-state index contributed by atoms with van der Waals surface area (Å²) in [4.78, 5) is 52.0. The molecule has 41 heavy (non-hydrogen) atoms. The molecular weight excluding hydrogens is 548 g/mol. The van der Waals surface area contributed by atoms with Gasteiger partial charge in [-0.05, 0) is 44.9 Å². The minimum absolute atomic E-state index is 0.0998. The fraction of sp³-hybridized carbons (Fsp3) is 0.467. The number of hydrogen-bond acceptors (Lipinski definition) is 8. The molecule has 0 bridgehead atoms. The molecule has 0 aliphatic rings. The van der Waals surface area contributed by atoms with Gasteiger partial charge in [-0.15, -0.1) is 0 Å². The van der Waals surface area contributed by atoms with Crippen molar-refractivity contribution in [2.75, 3.05) is 7.11 Å². The maximum Gasteiger partial charge on any atom is 0.408 e. The zero-order valence-corrected chi connectivity index (χ0v) is 25.0. The summed E-state index contributed by atoms with van der Waals surface area (Å²) in [5.74, 6) is -2.40. The number of ketones is 1. The number of alkyl carbamates (subject to hydrolysis) is 1. The van der Waals surface area contributed by atoms with Crippen LogP contribution in [-0.2, 0) is 40.1 Å². The van der Waals surface area contributed by atoms with Crippen LogP contribution in [0.15, 0.2) is 65.6 Å². The van der Waals surface area contributed by atoms with E-state index in [1.165, 1.54) is 31.4 Å². The highest BCUT2D eigenvalue weighted by atomic mass is 32.2. The van der Waals surface area contributed by atoms with E-state index < -0.39 is 62.9 Å². The maximum absolute atomic E-state index is 13.9. The molecule has 10 nitrogen and oxygen atoms in total. The number of Topliss-reactive ketones (excluding diaryl/α,β-unsaturated/α-hetero) is 1. The molecule has 0 aromatic heterocycles. The van der Waals surface area contributed by atoms with Crippen molar-refractivity contribution < 1.29 is 37.1 Å². The maximum atomic E-state index is 13.9. The average molecular weight is 589 g/mol. The summed E-state index contributed by atoms with van der Waals surface area (Å²) in [7, 11) is -3.20. The van der Waals surface area contributed by atoms with E-state index in [0.29, 0.717) is 12.8 Å². The summed E-state index contributed by atoms with van der Waals surface area (Å²) in [6.07, 6.45) is -0.204. The molecule has 2 rings (SSSR count). The molecular formula is C30H40N2O8S. The highest BCUT2D eigenvalue weighted by molar-refractivity contribution is 7.92. The van der Waals surface area contributed by atoms with E-state index in [-0.39, 0.29) is 17.7 Å². The quantitative estimate of drug-likeness (QED) is 0.317. The molecule has 0 aliphatic heterocycles. The Kier molecular flexibility index (Phi) is 12.5. The van der Waals surface area contributed by atoms with Gasteiger partial charge in [0.1, 0.15) is 16.9 Å².